The average Bonchev–Trinajstić information content (AvgIpc) is 3.17. The topological polar surface area (TPSA) is 77.7 Å². The Labute approximate surface area is 179 Å². The van der Waals surface area contributed by atoms with Crippen molar-refractivity contribution >= 4 is 21.8 Å². The predicted molar refractivity (Wildman–Crippen MR) is 120 cm³/mol. The number of halogens is 1. The van der Waals surface area contributed by atoms with Crippen molar-refractivity contribution in [3.8, 4) is 0 Å². The van der Waals surface area contributed by atoms with Gasteiger partial charge >= 0.3 is 0 Å². The number of benzene rings is 2. The fraction of sp³-hybridized carbons (Fsp3) is 0.375. The van der Waals surface area contributed by atoms with E-state index in [1.807, 2.05) is 31.2 Å². The summed E-state index contributed by atoms with van der Waals surface area (Å²) in [5.41, 5.74) is 3.50. The molecule has 5 rings (SSSR count). The molecular weight excluding hydrogens is 393 g/mol. The summed E-state index contributed by atoms with van der Waals surface area (Å²) in [5.74, 6) is 0.931. The maximum absolute atomic E-state index is 13.4. The van der Waals surface area contributed by atoms with Crippen LogP contribution in [0.15, 0.2) is 41.2 Å². The maximum Gasteiger partial charge on any atom is 0.259 e. The third-order valence-corrected chi connectivity index (χ3v) is 6.42. The lowest BCUT2D eigenvalue weighted by atomic mass is 9.91. The molecule has 0 saturated carbocycles. The van der Waals surface area contributed by atoms with Gasteiger partial charge in [-0.1, -0.05) is 12.1 Å². The van der Waals surface area contributed by atoms with E-state index in [4.69, 9.17) is 0 Å². The van der Waals surface area contributed by atoms with Crippen LogP contribution in [0.5, 0.6) is 0 Å². The molecule has 0 spiro atoms. The van der Waals surface area contributed by atoms with Crippen molar-refractivity contribution in [1.82, 2.24) is 25.1 Å². The van der Waals surface area contributed by atoms with Gasteiger partial charge in [-0.3, -0.25) is 9.89 Å². The van der Waals surface area contributed by atoms with E-state index in [1.165, 1.54) is 12.1 Å². The third-order valence-electron chi connectivity index (χ3n) is 6.42. The Morgan fingerprint density at radius 3 is 2.84 bits per heavy atom. The minimum atomic E-state index is -0.252. The molecule has 2 aromatic heterocycles. The SMILES string of the molecule is Cc1cccc2nc(CCCN3CCC(c4[nH]nc5cc(F)ccc45)CC3)[nH]c(=O)c12. The Morgan fingerprint density at radius 1 is 1.16 bits per heavy atom. The molecule has 0 atom stereocenters. The van der Waals surface area contributed by atoms with Crippen molar-refractivity contribution in [2.24, 2.45) is 0 Å². The Hall–Kier alpha value is -3.06. The number of aromatic nitrogens is 4. The van der Waals surface area contributed by atoms with Gasteiger partial charge in [0.15, 0.2) is 0 Å². The maximum atomic E-state index is 13.4. The van der Waals surface area contributed by atoms with Gasteiger partial charge in [0.2, 0.25) is 0 Å². The highest BCUT2D eigenvalue weighted by Crippen LogP contribution is 2.31. The first kappa shape index (κ1) is 19.9. The molecule has 2 aromatic carbocycles. The van der Waals surface area contributed by atoms with Crippen molar-refractivity contribution in [2.75, 3.05) is 19.6 Å². The number of aryl methyl sites for hydroxylation is 2. The number of hydrogen-bond donors (Lipinski definition) is 2. The lowest BCUT2D eigenvalue weighted by molar-refractivity contribution is 0.209. The zero-order chi connectivity index (χ0) is 21.4. The average molecular weight is 420 g/mol. The van der Waals surface area contributed by atoms with Gasteiger partial charge in [-0.05, 0) is 69.6 Å². The van der Waals surface area contributed by atoms with Gasteiger partial charge in [-0.2, -0.15) is 5.10 Å². The highest BCUT2D eigenvalue weighted by Gasteiger charge is 2.23. The summed E-state index contributed by atoms with van der Waals surface area (Å²) in [4.78, 5) is 22.5. The summed E-state index contributed by atoms with van der Waals surface area (Å²) in [6.07, 6.45) is 3.82. The van der Waals surface area contributed by atoms with Crippen LogP contribution in [0.25, 0.3) is 21.8 Å². The highest BCUT2D eigenvalue weighted by molar-refractivity contribution is 5.82. The summed E-state index contributed by atoms with van der Waals surface area (Å²) in [7, 11) is 0. The summed E-state index contributed by atoms with van der Waals surface area (Å²) in [5, 5.41) is 9.13. The Bertz CT molecular complexity index is 1290. The van der Waals surface area contributed by atoms with Crippen molar-refractivity contribution in [3.05, 3.63) is 69.7 Å². The summed E-state index contributed by atoms with van der Waals surface area (Å²) in [6, 6.07) is 10.6. The quantitative estimate of drug-likeness (QED) is 0.511. The number of nitrogens with zero attached hydrogens (tertiary/aromatic N) is 3. The van der Waals surface area contributed by atoms with E-state index < -0.39 is 0 Å². The second-order valence-corrected chi connectivity index (χ2v) is 8.50. The number of piperidine rings is 1. The molecular formula is C24H26FN5O. The van der Waals surface area contributed by atoms with Gasteiger partial charge in [0.25, 0.3) is 5.56 Å². The van der Waals surface area contributed by atoms with Crippen molar-refractivity contribution in [1.29, 1.82) is 0 Å². The molecule has 3 heterocycles. The molecule has 0 amide bonds. The fourth-order valence-corrected chi connectivity index (χ4v) is 4.76. The number of nitrogens with one attached hydrogen (secondary N) is 2. The van der Waals surface area contributed by atoms with Gasteiger partial charge in [0, 0.05) is 29.5 Å². The molecule has 1 fully saturated rings. The predicted octanol–water partition coefficient (Wildman–Crippen LogP) is 4.06. The molecule has 4 aromatic rings. The standard InChI is InChI=1S/C24H26FN5O/c1-15-4-2-5-19-22(15)24(31)27-21(26-19)6-3-11-30-12-9-16(10-13-30)23-18-8-7-17(25)14-20(18)28-29-23/h2,4-5,7-8,14,16H,3,6,9-13H2,1H3,(H,28,29)(H,26,27,31). The zero-order valence-electron chi connectivity index (χ0n) is 17.6. The Kier molecular flexibility index (Phi) is 5.28. The molecule has 0 bridgehead atoms. The first-order valence-corrected chi connectivity index (χ1v) is 10.9. The van der Waals surface area contributed by atoms with Crippen LogP contribution >= 0.6 is 0 Å². The van der Waals surface area contributed by atoms with E-state index in [0.717, 1.165) is 73.3 Å². The Morgan fingerprint density at radius 2 is 2.00 bits per heavy atom. The van der Waals surface area contributed by atoms with E-state index >= 15 is 0 Å². The van der Waals surface area contributed by atoms with Gasteiger partial charge in [0.05, 0.1) is 16.4 Å². The summed E-state index contributed by atoms with van der Waals surface area (Å²) in [6.45, 7) is 4.96. The first-order valence-electron chi connectivity index (χ1n) is 10.9. The first-order chi connectivity index (χ1) is 15.1. The molecule has 2 N–H and O–H groups in total. The number of fused-ring (bicyclic) bond motifs is 2. The number of hydrogen-bond acceptors (Lipinski definition) is 4. The van der Waals surface area contributed by atoms with Gasteiger partial charge in [-0.25, -0.2) is 9.37 Å². The summed E-state index contributed by atoms with van der Waals surface area (Å²) < 4.78 is 13.4. The van der Waals surface area contributed by atoms with Gasteiger partial charge in [-0.15, -0.1) is 0 Å². The van der Waals surface area contributed by atoms with Crippen LogP contribution in [-0.4, -0.2) is 44.7 Å². The second kappa shape index (κ2) is 8.23. The second-order valence-electron chi connectivity index (χ2n) is 8.50. The van der Waals surface area contributed by atoms with Crippen molar-refractivity contribution in [3.63, 3.8) is 0 Å². The number of aromatic amines is 2. The van der Waals surface area contributed by atoms with Crippen LogP contribution in [-0.2, 0) is 6.42 Å². The lowest BCUT2D eigenvalue weighted by Crippen LogP contribution is -2.34. The molecule has 160 valence electrons. The molecule has 0 aliphatic carbocycles. The number of rotatable bonds is 5. The van der Waals surface area contributed by atoms with Crippen molar-refractivity contribution < 1.29 is 4.39 Å². The minimum Gasteiger partial charge on any atom is -0.310 e. The van der Waals surface area contributed by atoms with Crippen molar-refractivity contribution in [2.45, 2.75) is 38.5 Å². The van der Waals surface area contributed by atoms with Crippen LogP contribution in [0.1, 0.15) is 42.3 Å². The van der Waals surface area contributed by atoms with E-state index in [9.17, 15) is 9.18 Å². The fourth-order valence-electron chi connectivity index (χ4n) is 4.76. The van der Waals surface area contributed by atoms with Gasteiger partial charge in [0.1, 0.15) is 11.6 Å². The Balaban J connectivity index is 1.17. The molecule has 1 aliphatic rings. The third kappa shape index (κ3) is 3.97. The van der Waals surface area contributed by atoms with E-state index in [1.54, 1.807) is 0 Å². The van der Waals surface area contributed by atoms with Crippen LogP contribution in [0.4, 0.5) is 4.39 Å². The van der Waals surface area contributed by atoms with Crippen LogP contribution in [0.2, 0.25) is 0 Å². The van der Waals surface area contributed by atoms with Crippen LogP contribution in [0, 0.1) is 12.7 Å². The monoisotopic (exact) mass is 419 g/mol. The van der Waals surface area contributed by atoms with Crippen LogP contribution in [0.3, 0.4) is 0 Å². The minimum absolute atomic E-state index is 0.0504. The number of likely N-dealkylation sites (tertiary alicyclic amines) is 1. The molecule has 1 aliphatic heterocycles. The van der Waals surface area contributed by atoms with E-state index in [-0.39, 0.29) is 11.4 Å². The molecule has 0 radical (unpaired) electrons. The van der Waals surface area contributed by atoms with Crippen LogP contribution < -0.4 is 5.56 Å². The normalized spacial score (nSPS) is 15.8. The molecule has 31 heavy (non-hydrogen) atoms. The van der Waals surface area contributed by atoms with Gasteiger partial charge < -0.3 is 9.88 Å². The molecule has 7 heteroatoms. The lowest BCUT2D eigenvalue weighted by Gasteiger charge is -2.31. The highest BCUT2D eigenvalue weighted by atomic mass is 19.1. The number of H-pyrrole nitrogens is 2. The molecule has 0 unspecified atom stereocenters. The van der Waals surface area contributed by atoms with E-state index in [2.05, 4.69) is 25.1 Å². The molecule has 1 saturated heterocycles. The zero-order valence-corrected chi connectivity index (χ0v) is 17.6. The summed E-state index contributed by atoms with van der Waals surface area (Å²) >= 11 is 0. The van der Waals surface area contributed by atoms with E-state index in [0.29, 0.717) is 16.8 Å². The largest absolute Gasteiger partial charge is 0.310 e. The molecule has 6 nitrogen and oxygen atoms in total. The smallest absolute Gasteiger partial charge is 0.259 e.